The standard InChI is InChI=1S/C13H19NO5S/c1-13(2,9-15)14-20(18,19)11-6-3-10(4-7-11)5-8-12(16)17/h3-4,6-7,14-15H,5,8-9H2,1-2H3,(H,16,17). The highest BCUT2D eigenvalue weighted by Crippen LogP contribution is 2.14. The van der Waals surface area contributed by atoms with E-state index in [2.05, 4.69) is 4.72 Å². The molecule has 0 aromatic heterocycles. The molecule has 0 aliphatic carbocycles. The lowest BCUT2D eigenvalue weighted by molar-refractivity contribution is -0.136. The zero-order chi connectivity index (χ0) is 15.4. The topological polar surface area (TPSA) is 104 Å². The van der Waals surface area contributed by atoms with E-state index in [4.69, 9.17) is 10.2 Å². The molecule has 0 radical (unpaired) electrons. The largest absolute Gasteiger partial charge is 0.481 e. The van der Waals surface area contributed by atoms with Crippen LogP contribution in [0.25, 0.3) is 0 Å². The van der Waals surface area contributed by atoms with Crippen molar-refractivity contribution < 1.29 is 23.4 Å². The van der Waals surface area contributed by atoms with Gasteiger partial charge in [-0.1, -0.05) is 12.1 Å². The van der Waals surface area contributed by atoms with Gasteiger partial charge in [-0.3, -0.25) is 4.79 Å². The van der Waals surface area contributed by atoms with Crippen molar-refractivity contribution in [3.05, 3.63) is 29.8 Å². The van der Waals surface area contributed by atoms with Gasteiger partial charge in [-0.2, -0.15) is 0 Å². The average Bonchev–Trinajstić information content (AvgIpc) is 2.35. The summed E-state index contributed by atoms with van der Waals surface area (Å²) < 4.78 is 26.5. The van der Waals surface area contributed by atoms with Crippen molar-refractivity contribution in [2.45, 2.75) is 37.1 Å². The van der Waals surface area contributed by atoms with Crippen LogP contribution >= 0.6 is 0 Å². The highest BCUT2D eigenvalue weighted by atomic mass is 32.2. The van der Waals surface area contributed by atoms with Crippen LogP contribution in [0.5, 0.6) is 0 Å². The SMILES string of the molecule is CC(C)(CO)NS(=O)(=O)c1ccc(CCC(=O)O)cc1. The Morgan fingerprint density at radius 1 is 1.25 bits per heavy atom. The van der Waals surface area contributed by atoms with Gasteiger partial charge in [0.25, 0.3) is 0 Å². The summed E-state index contributed by atoms with van der Waals surface area (Å²) >= 11 is 0. The summed E-state index contributed by atoms with van der Waals surface area (Å²) in [6.45, 7) is 2.83. The lowest BCUT2D eigenvalue weighted by Gasteiger charge is -2.23. The smallest absolute Gasteiger partial charge is 0.303 e. The van der Waals surface area contributed by atoms with Gasteiger partial charge in [0.15, 0.2) is 0 Å². The van der Waals surface area contributed by atoms with Crippen LogP contribution in [0.1, 0.15) is 25.8 Å². The Hall–Kier alpha value is -1.44. The molecular weight excluding hydrogens is 282 g/mol. The molecular formula is C13H19NO5S. The molecule has 0 fully saturated rings. The summed E-state index contributed by atoms with van der Waals surface area (Å²) in [4.78, 5) is 10.5. The van der Waals surface area contributed by atoms with E-state index in [9.17, 15) is 13.2 Å². The first-order chi connectivity index (χ1) is 9.16. The lowest BCUT2D eigenvalue weighted by Crippen LogP contribution is -2.46. The third-order valence-electron chi connectivity index (χ3n) is 2.67. The highest BCUT2D eigenvalue weighted by molar-refractivity contribution is 7.89. The van der Waals surface area contributed by atoms with Crippen molar-refractivity contribution in [3.8, 4) is 0 Å². The Bertz CT molecular complexity index is 563. The molecule has 0 atom stereocenters. The number of sulfonamides is 1. The summed E-state index contributed by atoms with van der Waals surface area (Å²) in [7, 11) is -3.70. The van der Waals surface area contributed by atoms with Crippen molar-refractivity contribution in [1.29, 1.82) is 0 Å². The minimum atomic E-state index is -3.70. The van der Waals surface area contributed by atoms with Crippen LogP contribution in [0.3, 0.4) is 0 Å². The van der Waals surface area contributed by atoms with Gasteiger partial charge >= 0.3 is 5.97 Å². The van der Waals surface area contributed by atoms with E-state index in [1.54, 1.807) is 26.0 Å². The van der Waals surface area contributed by atoms with Crippen molar-refractivity contribution in [2.24, 2.45) is 0 Å². The van der Waals surface area contributed by atoms with Crippen LogP contribution < -0.4 is 4.72 Å². The second-order valence-corrected chi connectivity index (χ2v) is 6.87. The molecule has 0 unspecified atom stereocenters. The predicted octanol–water partition coefficient (Wildman–Crippen LogP) is 0.753. The van der Waals surface area contributed by atoms with Crippen LogP contribution in [0, 0.1) is 0 Å². The fourth-order valence-electron chi connectivity index (χ4n) is 1.54. The predicted molar refractivity (Wildman–Crippen MR) is 73.9 cm³/mol. The van der Waals surface area contributed by atoms with Crippen molar-refractivity contribution in [3.63, 3.8) is 0 Å². The molecule has 0 spiro atoms. The molecule has 0 aliphatic rings. The van der Waals surface area contributed by atoms with Crippen molar-refractivity contribution >= 4 is 16.0 Å². The number of aryl methyl sites for hydroxylation is 1. The van der Waals surface area contributed by atoms with E-state index in [1.165, 1.54) is 12.1 Å². The van der Waals surface area contributed by atoms with E-state index in [0.717, 1.165) is 5.56 Å². The maximum absolute atomic E-state index is 12.1. The molecule has 7 heteroatoms. The Morgan fingerprint density at radius 3 is 2.25 bits per heavy atom. The molecule has 0 saturated carbocycles. The lowest BCUT2D eigenvalue weighted by atomic mass is 10.1. The van der Waals surface area contributed by atoms with E-state index < -0.39 is 21.5 Å². The normalized spacial score (nSPS) is 12.3. The van der Waals surface area contributed by atoms with Gasteiger partial charge in [0.2, 0.25) is 10.0 Å². The molecule has 3 N–H and O–H groups in total. The van der Waals surface area contributed by atoms with E-state index in [1.807, 2.05) is 0 Å². The van der Waals surface area contributed by atoms with E-state index in [0.29, 0.717) is 6.42 Å². The van der Waals surface area contributed by atoms with Crippen LogP contribution in [0.2, 0.25) is 0 Å². The van der Waals surface area contributed by atoms with E-state index in [-0.39, 0.29) is 17.9 Å². The Kier molecular flexibility index (Phi) is 5.27. The molecule has 0 aliphatic heterocycles. The molecule has 1 rings (SSSR count). The number of aliphatic carboxylic acids is 1. The Morgan fingerprint density at radius 2 is 1.80 bits per heavy atom. The molecule has 1 aromatic rings. The number of carboxylic acid groups (broad SMARTS) is 1. The number of carbonyl (C=O) groups is 1. The Labute approximate surface area is 118 Å². The fourth-order valence-corrected chi connectivity index (χ4v) is 2.95. The van der Waals surface area contributed by atoms with Gasteiger partial charge in [0.05, 0.1) is 17.0 Å². The molecule has 6 nitrogen and oxygen atoms in total. The van der Waals surface area contributed by atoms with Crippen LogP contribution in [-0.2, 0) is 21.2 Å². The number of hydrogen-bond donors (Lipinski definition) is 3. The number of aliphatic hydroxyl groups excluding tert-OH is 1. The van der Waals surface area contributed by atoms with Gasteiger partial charge < -0.3 is 10.2 Å². The van der Waals surface area contributed by atoms with Crippen molar-refractivity contribution in [2.75, 3.05) is 6.61 Å². The number of hydrogen-bond acceptors (Lipinski definition) is 4. The zero-order valence-corrected chi connectivity index (χ0v) is 12.3. The number of aliphatic hydroxyl groups is 1. The van der Waals surface area contributed by atoms with Gasteiger partial charge in [0, 0.05) is 6.42 Å². The van der Waals surface area contributed by atoms with Crippen LogP contribution in [-0.4, -0.2) is 36.7 Å². The third kappa shape index (κ3) is 4.92. The molecule has 0 saturated heterocycles. The number of rotatable bonds is 7. The molecule has 112 valence electrons. The maximum Gasteiger partial charge on any atom is 0.303 e. The fraction of sp³-hybridized carbons (Fsp3) is 0.462. The first-order valence-corrected chi connectivity index (χ1v) is 7.60. The second-order valence-electron chi connectivity index (χ2n) is 5.19. The molecule has 0 bridgehead atoms. The van der Waals surface area contributed by atoms with Gasteiger partial charge in [-0.05, 0) is 38.0 Å². The zero-order valence-electron chi connectivity index (χ0n) is 11.5. The van der Waals surface area contributed by atoms with Crippen LogP contribution in [0.4, 0.5) is 0 Å². The van der Waals surface area contributed by atoms with Gasteiger partial charge in [-0.25, -0.2) is 13.1 Å². The third-order valence-corrected chi connectivity index (χ3v) is 4.38. The maximum atomic E-state index is 12.1. The number of carboxylic acids is 1. The summed E-state index contributed by atoms with van der Waals surface area (Å²) in [5.41, 5.74) is -0.186. The molecule has 1 aromatic carbocycles. The quantitative estimate of drug-likeness (QED) is 0.689. The second kappa shape index (κ2) is 6.34. The monoisotopic (exact) mass is 301 g/mol. The summed E-state index contributed by atoms with van der Waals surface area (Å²) in [6, 6.07) is 6.02. The van der Waals surface area contributed by atoms with Crippen LogP contribution in [0.15, 0.2) is 29.2 Å². The molecule has 0 heterocycles. The minimum absolute atomic E-state index is 0.00188. The minimum Gasteiger partial charge on any atom is -0.481 e. The summed E-state index contributed by atoms with van der Waals surface area (Å²) in [6.07, 6.45) is 0.354. The Balaban J connectivity index is 2.84. The summed E-state index contributed by atoms with van der Waals surface area (Å²) in [5, 5.41) is 17.7. The summed E-state index contributed by atoms with van der Waals surface area (Å²) in [5.74, 6) is -0.895. The number of benzene rings is 1. The number of nitrogens with one attached hydrogen (secondary N) is 1. The molecule has 0 amide bonds. The highest BCUT2D eigenvalue weighted by Gasteiger charge is 2.25. The molecule has 20 heavy (non-hydrogen) atoms. The first-order valence-electron chi connectivity index (χ1n) is 6.12. The first kappa shape index (κ1) is 16.6. The van der Waals surface area contributed by atoms with Gasteiger partial charge in [0.1, 0.15) is 0 Å². The average molecular weight is 301 g/mol. The van der Waals surface area contributed by atoms with Gasteiger partial charge in [-0.15, -0.1) is 0 Å². The van der Waals surface area contributed by atoms with E-state index >= 15 is 0 Å². The van der Waals surface area contributed by atoms with Crippen molar-refractivity contribution in [1.82, 2.24) is 4.72 Å².